The Bertz CT molecular complexity index is 1500. The summed E-state index contributed by atoms with van der Waals surface area (Å²) in [7, 11) is 1.58. The van der Waals surface area contributed by atoms with E-state index in [1.807, 2.05) is 37.3 Å². The summed E-state index contributed by atoms with van der Waals surface area (Å²) in [6.45, 7) is 4.67. The predicted octanol–water partition coefficient (Wildman–Crippen LogP) is 6.18. The van der Waals surface area contributed by atoms with E-state index in [2.05, 4.69) is 37.7 Å². The van der Waals surface area contributed by atoms with Gasteiger partial charge in [0.05, 0.1) is 27.6 Å². The van der Waals surface area contributed by atoms with Crippen molar-refractivity contribution in [2.24, 2.45) is 0 Å². The lowest BCUT2D eigenvalue weighted by Crippen LogP contribution is -2.49. The van der Waals surface area contributed by atoms with Crippen molar-refractivity contribution in [2.45, 2.75) is 40.8 Å². The fourth-order valence-electron chi connectivity index (χ4n) is 5.06. The Morgan fingerprint density at radius 3 is 2.65 bits per heavy atom. The molecule has 0 radical (unpaired) electrons. The van der Waals surface area contributed by atoms with Crippen LogP contribution in [-0.2, 0) is 21.4 Å². The van der Waals surface area contributed by atoms with Gasteiger partial charge in [-0.1, -0.05) is 53.4 Å². The number of methoxy groups -OCH3 is 1. The maximum Gasteiger partial charge on any atom is 0.409 e. The van der Waals surface area contributed by atoms with Crippen molar-refractivity contribution in [2.75, 3.05) is 45.3 Å². The molecule has 1 aliphatic rings. The Labute approximate surface area is 259 Å². The van der Waals surface area contributed by atoms with Gasteiger partial charge in [0.1, 0.15) is 12.4 Å². The van der Waals surface area contributed by atoms with Crippen LogP contribution in [0.1, 0.15) is 29.7 Å². The molecule has 1 aromatic carbocycles. The summed E-state index contributed by atoms with van der Waals surface area (Å²) >= 11 is 2.77. The molecular formula is C31H35FN6O3S2. The monoisotopic (exact) mass is 622 g/mol. The molecule has 0 unspecified atom stereocenters. The number of amides is 1. The molecule has 0 aliphatic carbocycles. The van der Waals surface area contributed by atoms with Gasteiger partial charge < -0.3 is 25.0 Å². The molecule has 2 N–H and O–H groups in total. The van der Waals surface area contributed by atoms with Crippen LogP contribution >= 0.6 is 23.1 Å². The van der Waals surface area contributed by atoms with Crippen LogP contribution in [0.3, 0.4) is 0 Å². The quantitative estimate of drug-likeness (QED) is 0.179. The van der Waals surface area contributed by atoms with Crippen molar-refractivity contribution in [1.29, 1.82) is 0 Å². The largest absolute Gasteiger partial charge is 0.447 e. The van der Waals surface area contributed by atoms with E-state index in [1.165, 1.54) is 28.7 Å². The summed E-state index contributed by atoms with van der Waals surface area (Å²) < 4.78 is 26.7. The van der Waals surface area contributed by atoms with E-state index < -0.39 is 0 Å². The molecule has 1 fully saturated rings. The highest BCUT2D eigenvalue weighted by atomic mass is 32.2. The summed E-state index contributed by atoms with van der Waals surface area (Å²) in [4.78, 5) is 27.8. The van der Waals surface area contributed by atoms with Gasteiger partial charge in [0.25, 0.3) is 0 Å². The van der Waals surface area contributed by atoms with Gasteiger partial charge in [0.2, 0.25) is 0 Å². The third-order valence-corrected chi connectivity index (χ3v) is 9.45. The van der Waals surface area contributed by atoms with Gasteiger partial charge in [-0.05, 0) is 49.1 Å². The van der Waals surface area contributed by atoms with Gasteiger partial charge in [-0.15, -0.1) is 0 Å². The minimum Gasteiger partial charge on any atom is -0.447 e. The van der Waals surface area contributed by atoms with Gasteiger partial charge in [-0.3, -0.25) is 4.98 Å². The zero-order chi connectivity index (χ0) is 30.1. The molecule has 226 valence electrons. The standard InChI is InChI=1S/C31H35FN6O3S2/c1-22-8-12-35-26(18-22)37-29-36-20-27(43-29)42-25-9-13-34-24(28(25)32)19-33-21-31(23-6-4-3-5-7-23)10-14-38(15-11-31)30(39)41-17-16-40-2/h3-9,12-13,18,20,33H,10-11,14-17,19,21H2,1-2H3,(H,35,36,37). The second kappa shape index (κ2) is 14.7. The van der Waals surface area contributed by atoms with Crippen molar-refractivity contribution in [3.8, 4) is 0 Å². The number of rotatable bonds is 12. The van der Waals surface area contributed by atoms with Crippen molar-refractivity contribution in [3.05, 3.63) is 89.8 Å². The molecule has 1 amide bonds. The number of halogens is 1. The van der Waals surface area contributed by atoms with E-state index in [9.17, 15) is 4.79 Å². The van der Waals surface area contributed by atoms with Gasteiger partial charge in [0, 0.05) is 51.1 Å². The fourth-order valence-corrected chi connectivity index (χ4v) is 6.94. The number of likely N-dealkylation sites (tertiary alicyclic amines) is 1. The minimum atomic E-state index is -0.342. The molecule has 43 heavy (non-hydrogen) atoms. The highest BCUT2D eigenvalue weighted by molar-refractivity contribution is 8.01. The number of hydrogen-bond acceptors (Lipinski definition) is 10. The molecule has 12 heteroatoms. The summed E-state index contributed by atoms with van der Waals surface area (Å²) in [5.41, 5.74) is 2.45. The summed E-state index contributed by atoms with van der Waals surface area (Å²) in [5.74, 6) is 0.376. The number of nitrogens with zero attached hydrogens (tertiary/aromatic N) is 4. The maximum absolute atomic E-state index is 15.6. The van der Waals surface area contributed by atoms with Crippen LogP contribution in [-0.4, -0.2) is 65.9 Å². The van der Waals surface area contributed by atoms with Crippen molar-refractivity contribution in [3.63, 3.8) is 0 Å². The van der Waals surface area contributed by atoms with Crippen LogP contribution in [0.4, 0.5) is 20.1 Å². The van der Waals surface area contributed by atoms with E-state index >= 15 is 4.39 Å². The van der Waals surface area contributed by atoms with Crippen molar-refractivity contribution < 1.29 is 18.7 Å². The Hall–Kier alpha value is -3.58. The second-order valence-corrected chi connectivity index (χ2v) is 12.7. The summed E-state index contributed by atoms with van der Waals surface area (Å²) in [5, 5.41) is 7.37. The van der Waals surface area contributed by atoms with E-state index in [1.54, 1.807) is 36.7 Å². The number of anilines is 2. The number of benzene rings is 1. The molecule has 3 aromatic heterocycles. The SMILES string of the molecule is COCCOC(=O)N1CCC(CNCc2nccc(Sc3cnc(Nc4cc(C)ccn4)s3)c2F)(c2ccccc2)CC1. The molecule has 4 aromatic rings. The molecule has 0 spiro atoms. The molecular weight excluding hydrogens is 588 g/mol. The number of thiazole rings is 1. The minimum absolute atomic E-state index is 0.203. The van der Waals surface area contributed by atoms with Crippen molar-refractivity contribution >= 4 is 40.1 Å². The number of ether oxygens (including phenoxy) is 2. The number of piperidine rings is 1. The number of carbonyl (C=O) groups excluding carboxylic acids is 1. The van der Waals surface area contributed by atoms with Gasteiger partial charge in [0.15, 0.2) is 10.9 Å². The van der Waals surface area contributed by atoms with E-state index in [-0.39, 0.29) is 30.5 Å². The maximum atomic E-state index is 15.6. The summed E-state index contributed by atoms with van der Waals surface area (Å²) in [6.07, 6.45) is 6.32. The van der Waals surface area contributed by atoms with Gasteiger partial charge in [-0.25, -0.2) is 19.2 Å². The van der Waals surface area contributed by atoms with Crippen LogP contribution < -0.4 is 10.6 Å². The molecule has 9 nitrogen and oxygen atoms in total. The van der Waals surface area contributed by atoms with Crippen LogP contribution in [0.25, 0.3) is 0 Å². The Morgan fingerprint density at radius 2 is 1.88 bits per heavy atom. The first-order valence-electron chi connectivity index (χ1n) is 14.1. The average Bonchev–Trinajstić information content (AvgIpc) is 3.46. The highest BCUT2D eigenvalue weighted by Gasteiger charge is 2.37. The first-order valence-corrected chi connectivity index (χ1v) is 15.7. The van der Waals surface area contributed by atoms with Gasteiger partial charge >= 0.3 is 6.09 Å². The second-order valence-electron chi connectivity index (χ2n) is 10.3. The number of nitrogens with one attached hydrogen (secondary N) is 2. The number of pyridine rings is 2. The van der Waals surface area contributed by atoms with E-state index in [4.69, 9.17) is 9.47 Å². The van der Waals surface area contributed by atoms with Crippen LogP contribution in [0.5, 0.6) is 0 Å². The number of aryl methyl sites for hydroxylation is 1. The molecule has 4 heterocycles. The fraction of sp³-hybridized carbons (Fsp3) is 0.355. The summed E-state index contributed by atoms with van der Waals surface area (Å²) in [6, 6.07) is 15.9. The lowest BCUT2D eigenvalue weighted by Gasteiger charge is -2.42. The number of carbonyl (C=O) groups is 1. The topological polar surface area (TPSA) is 102 Å². The lowest BCUT2D eigenvalue weighted by atomic mass is 9.72. The normalized spacial score (nSPS) is 14.4. The molecule has 1 saturated heterocycles. The molecule has 0 saturated carbocycles. The van der Waals surface area contributed by atoms with Gasteiger partial charge in [-0.2, -0.15) is 0 Å². The van der Waals surface area contributed by atoms with Crippen LogP contribution in [0.15, 0.2) is 76.2 Å². The Kier molecular flexibility index (Phi) is 10.6. The lowest BCUT2D eigenvalue weighted by molar-refractivity contribution is 0.0595. The van der Waals surface area contributed by atoms with E-state index in [0.717, 1.165) is 28.4 Å². The molecule has 5 rings (SSSR count). The Balaban J connectivity index is 1.20. The predicted molar refractivity (Wildman–Crippen MR) is 167 cm³/mol. The first kappa shape index (κ1) is 30.9. The highest BCUT2D eigenvalue weighted by Crippen LogP contribution is 2.37. The number of hydrogen-bond donors (Lipinski definition) is 2. The van der Waals surface area contributed by atoms with Crippen molar-refractivity contribution in [1.82, 2.24) is 25.2 Å². The molecule has 0 atom stereocenters. The zero-order valence-electron chi connectivity index (χ0n) is 24.2. The molecule has 0 bridgehead atoms. The third kappa shape index (κ3) is 8.08. The van der Waals surface area contributed by atoms with Crippen LogP contribution in [0.2, 0.25) is 0 Å². The average molecular weight is 623 g/mol. The zero-order valence-corrected chi connectivity index (χ0v) is 25.8. The van der Waals surface area contributed by atoms with E-state index in [0.29, 0.717) is 42.0 Å². The smallest absolute Gasteiger partial charge is 0.409 e. The molecule has 1 aliphatic heterocycles. The number of aromatic nitrogens is 3. The first-order chi connectivity index (χ1) is 21.0. The third-order valence-electron chi connectivity index (χ3n) is 7.41. The van der Waals surface area contributed by atoms with Crippen LogP contribution in [0, 0.1) is 12.7 Å². The Morgan fingerprint density at radius 1 is 1.09 bits per heavy atom.